The molecule has 644 valence electrons. The van der Waals surface area contributed by atoms with E-state index in [1.165, 1.54) is 113 Å². The van der Waals surface area contributed by atoms with Crippen molar-refractivity contribution in [2.24, 2.45) is 0 Å². The van der Waals surface area contributed by atoms with Crippen molar-refractivity contribution in [3.05, 3.63) is 222 Å². The number of unbranched alkanes of at least 4 members (excludes halogenated alkanes) is 4. The van der Waals surface area contributed by atoms with Crippen LogP contribution in [-0.4, -0.2) is 256 Å². The molecular weight excluding hydrogens is 1570 g/mol. The zero-order valence-electron chi connectivity index (χ0n) is 69.1. The van der Waals surface area contributed by atoms with Crippen LogP contribution >= 0.6 is 0 Å². The lowest BCUT2D eigenvalue weighted by Crippen LogP contribution is -2.53. The van der Waals surface area contributed by atoms with Crippen molar-refractivity contribution in [2.45, 2.75) is 119 Å². The standard InChI is InChI=1S/C21H16N2.C18H15S.C16H36N.C15H33NO7.C12H22N3O8S3.C7H6O2/c1-4-10-16(11-5-1)19-20(17-12-6-2-7-13-17)23-21(22-19)18-14-8-3-9-15-18;1-4-10-16(11-5-1)19(17-12-6-2-7-13-17)18-14-8-3-9-15-18;1-5-9-13-17(14-10-6-2,15-11-7-3)16-12-8-4;17-5-1-2-16(3-8-20-12-14-22-10-6-18)4-9-21-13-15-23-11-7-19;1-24(17,18)13-25(19,20)9-2-10-26(21,22)15-6-4-14(5-7-15)11-3-8-23-12(11)16;8-7(9)6-4-2-1-3-5-6/h1-15H,(H,22,23);1-15H;5-16H2,1-4H3;17-19H,1-15H2;11H,2-10H2,1H3;1-5H,(H,8,9)/q;2*+1;;-1;/p-1. The lowest BCUT2D eigenvalue weighted by atomic mass is 10.1. The summed E-state index contributed by atoms with van der Waals surface area (Å²) in [5, 5.41) is 36.2. The second-order valence-electron chi connectivity index (χ2n) is 27.9. The molecule has 0 aliphatic carbocycles. The number of cyclic esters (lactones) is 1. The first-order valence-electron chi connectivity index (χ1n) is 40.8. The maximum Gasteiger partial charge on any atom is 0.323 e. The third-order valence-corrected chi connectivity index (χ3v) is 25.8. The molecule has 4 N–H and O–H groups in total. The number of aliphatic hydroxyl groups is 3. The number of benzene rings is 7. The van der Waals surface area contributed by atoms with Gasteiger partial charge in [-0.1, -0.05) is 229 Å². The number of aromatic amines is 1. The molecule has 2 saturated heterocycles. The van der Waals surface area contributed by atoms with Crippen LogP contribution in [0, 0.1) is 0 Å². The predicted molar refractivity (Wildman–Crippen MR) is 465 cm³/mol. The summed E-state index contributed by atoms with van der Waals surface area (Å²) in [5.74, 6) is -1.61. The summed E-state index contributed by atoms with van der Waals surface area (Å²) in [6, 6.07) is 70.7. The van der Waals surface area contributed by atoms with E-state index in [1.54, 1.807) is 18.2 Å². The third kappa shape index (κ3) is 40.4. The Hall–Kier alpha value is -7.59. The number of nitrogens with zero attached hydrogens (tertiary/aromatic N) is 6. The minimum Gasteiger partial charge on any atom is -0.545 e. The van der Waals surface area contributed by atoms with Crippen LogP contribution in [0.25, 0.3) is 38.0 Å². The molecule has 8 aromatic rings. The minimum atomic E-state index is -4.22. The number of hydrogen-bond acceptors (Lipinski definition) is 20. The zero-order valence-corrected chi connectivity index (χ0v) is 72.4. The average Bonchev–Trinajstić information content (AvgIpc) is 1.47. The summed E-state index contributed by atoms with van der Waals surface area (Å²) >= 11 is 0. The van der Waals surface area contributed by atoms with Gasteiger partial charge in [-0.15, -0.1) is 0 Å². The number of H-pyrrole nitrogens is 1. The molecule has 0 bridgehead atoms. The number of piperazine rings is 1. The fourth-order valence-corrected chi connectivity index (χ4v) is 19.0. The Labute approximate surface area is 700 Å². The number of aromatic nitrogens is 2. The van der Waals surface area contributed by atoms with Gasteiger partial charge in [0.25, 0.3) is 0 Å². The first kappa shape index (κ1) is 100.0. The van der Waals surface area contributed by atoms with E-state index in [9.17, 15) is 39.9 Å². The first-order chi connectivity index (χ1) is 56.7. The lowest BCUT2D eigenvalue weighted by molar-refractivity contribution is -0.929. The maximum absolute atomic E-state index is 12.3. The number of rotatable bonds is 46. The smallest absolute Gasteiger partial charge is 0.323 e. The summed E-state index contributed by atoms with van der Waals surface area (Å²) in [7, 11) is -12.0. The number of imidazole rings is 1. The van der Waals surface area contributed by atoms with Gasteiger partial charge in [0, 0.05) is 87.5 Å². The summed E-state index contributed by atoms with van der Waals surface area (Å²) in [6.45, 7) is 23.0. The van der Waals surface area contributed by atoms with Gasteiger partial charge < -0.3 is 62.5 Å². The predicted octanol–water partition coefficient (Wildman–Crippen LogP) is 12.3. The van der Waals surface area contributed by atoms with Gasteiger partial charge in [0.1, 0.15) is 11.9 Å². The Morgan fingerprint density at radius 2 is 0.923 bits per heavy atom. The SMILES string of the molecule is CCCC[N+](CCCC)(CCCC)CCCC.CS(=O)(=O)[N-]S(=O)(=O)CCCS(=O)(=O)N1CCN(C2CCOC2=O)CC1.O=C([O-])c1ccccc1.OCCCN(CCOCCOCCO)CCOCCOCCO.c1ccc(-c2nc(-c3ccccc3)c(-c3ccccc3)[nH]2)cc1.c1ccc([S+](c2ccccc2)c2ccccc2)cc1. The van der Waals surface area contributed by atoms with Gasteiger partial charge in [-0.2, -0.15) is 4.31 Å². The summed E-state index contributed by atoms with van der Waals surface area (Å²) < 4.78 is 101. The molecule has 0 saturated carbocycles. The molecule has 1 unspecified atom stereocenters. The summed E-state index contributed by atoms with van der Waals surface area (Å²) in [5.41, 5.74) is 5.60. The van der Waals surface area contributed by atoms with Crippen LogP contribution < -0.4 is 5.11 Å². The molecule has 0 spiro atoms. The second kappa shape index (κ2) is 58.3. The Balaban J connectivity index is 0.000000255. The largest absolute Gasteiger partial charge is 0.545 e. The molecule has 0 amide bonds. The Bertz CT molecular complexity index is 4040. The number of quaternary nitrogens is 1. The number of sulfonamides is 3. The molecule has 2 aliphatic heterocycles. The molecule has 1 atom stereocenters. The van der Waals surface area contributed by atoms with E-state index in [-0.39, 0.29) is 67.8 Å². The Morgan fingerprint density at radius 1 is 0.521 bits per heavy atom. The average molecular weight is 1700 g/mol. The van der Waals surface area contributed by atoms with Crippen LogP contribution in [0.3, 0.4) is 0 Å². The number of carbonyl (C=O) groups is 2. The summed E-state index contributed by atoms with van der Waals surface area (Å²) in [6.07, 6.45) is 12.8. The van der Waals surface area contributed by atoms with Crippen molar-refractivity contribution < 1.29 is 83.4 Å². The van der Waals surface area contributed by atoms with Crippen molar-refractivity contribution >= 4 is 52.9 Å². The number of carboxylic acids is 1. The van der Waals surface area contributed by atoms with Gasteiger partial charge in [0.05, 0.1) is 153 Å². The number of ether oxygens (including phenoxy) is 5. The number of carboxylic acid groups (broad SMARTS) is 1. The Morgan fingerprint density at radius 3 is 1.30 bits per heavy atom. The molecule has 2 aliphatic rings. The highest BCUT2D eigenvalue weighted by Crippen LogP contribution is 2.34. The normalized spacial score (nSPS) is 13.8. The number of hydrogen-bond donors (Lipinski definition) is 4. The highest BCUT2D eigenvalue weighted by Gasteiger charge is 2.36. The maximum atomic E-state index is 12.3. The number of esters is 1. The number of carbonyl (C=O) groups excluding carboxylic acids is 2. The van der Waals surface area contributed by atoms with E-state index in [4.69, 9.17) is 44.0 Å². The molecule has 3 heterocycles. The van der Waals surface area contributed by atoms with Gasteiger partial charge in [-0.25, -0.2) is 30.2 Å². The van der Waals surface area contributed by atoms with Crippen molar-refractivity contribution in [3.63, 3.8) is 0 Å². The van der Waals surface area contributed by atoms with Crippen molar-refractivity contribution in [1.82, 2.24) is 24.1 Å². The van der Waals surface area contributed by atoms with E-state index in [0.717, 1.165) is 60.0 Å². The highest BCUT2D eigenvalue weighted by atomic mass is 32.3. The molecule has 2 fully saturated rings. The van der Waals surface area contributed by atoms with Crippen LogP contribution in [0.15, 0.2) is 227 Å². The van der Waals surface area contributed by atoms with Crippen molar-refractivity contribution in [2.75, 3.05) is 169 Å². The highest BCUT2D eigenvalue weighted by molar-refractivity contribution is 8.11. The first-order valence-corrected chi connectivity index (χ1v) is 47.1. The molecule has 28 heteroatoms. The molecule has 117 heavy (non-hydrogen) atoms. The van der Waals surface area contributed by atoms with Gasteiger partial charge in [0.2, 0.25) is 10.0 Å². The van der Waals surface area contributed by atoms with Crippen molar-refractivity contribution in [1.29, 1.82) is 0 Å². The van der Waals surface area contributed by atoms with Gasteiger partial charge in [-0.05, 0) is 80.5 Å². The van der Waals surface area contributed by atoms with Gasteiger partial charge >= 0.3 is 5.97 Å². The van der Waals surface area contributed by atoms with Crippen LogP contribution in [0.4, 0.5) is 0 Å². The lowest BCUT2D eigenvalue weighted by Gasteiger charge is -2.39. The van der Waals surface area contributed by atoms with E-state index >= 15 is 0 Å². The quantitative estimate of drug-likeness (QED) is 0.0119. The van der Waals surface area contributed by atoms with Crippen LogP contribution in [0.2, 0.25) is 0 Å². The molecule has 0 radical (unpaired) electrons. The van der Waals surface area contributed by atoms with E-state index in [2.05, 4.69) is 169 Å². The molecule has 24 nitrogen and oxygen atoms in total. The van der Waals surface area contributed by atoms with Crippen LogP contribution in [0.1, 0.15) is 109 Å². The van der Waals surface area contributed by atoms with Crippen LogP contribution in [-0.2, 0) is 69.4 Å². The van der Waals surface area contributed by atoms with Crippen molar-refractivity contribution in [3.8, 4) is 33.9 Å². The summed E-state index contributed by atoms with van der Waals surface area (Å²) in [4.78, 5) is 38.2. The number of aromatic carboxylic acids is 1. The monoisotopic (exact) mass is 1690 g/mol. The number of nitrogens with one attached hydrogen (secondary N) is 1. The second-order valence-corrected chi connectivity index (χ2v) is 35.7. The van der Waals surface area contributed by atoms with E-state index in [0.29, 0.717) is 85.2 Å². The van der Waals surface area contributed by atoms with E-state index < -0.39 is 47.5 Å². The molecule has 7 aromatic carbocycles. The van der Waals surface area contributed by atoms with E-state index in [1.807, 2.05) is 59.5 Å². The minimum absolute atomic E-state index is 0.0146. The van der Waals surface area contributed by atoms with Crippen LogP contribution in [0.5, 0.6) is 0 Å². The third-order valence-electron chi connectivity index (χ3n) is 18.8. The molecule has 1 aromatic heterocycles. The zero-order chi connectivity index (χ0) is 84.7. The molecule has 10 rings (SSSR count). The van der Waals surface area contributed by atoms with Gasteiger partial charge in [-0.3, -0.25) is 14.6 Å². The fraction of sp³-hybridized carbons (Fsp3) is 0.472. The fourth-order valence-electron chi connectivity index (χ4n) is 12.7. The van der Waals surface area contributed by atoms with Gasteiger partial charge in [0.15, 0.2) is 14.7 Å². The molecular formula is C89H127N7O17S4. The number of aliphatic hydroxyl groups excluding tert-OH is 3. The Kier molecular flexibility index (Phi) is 49.9. The topological polar surface area (TPSA) is 319 Å².